The lowest BCUT2D eigenvalue weighted by atomic mass is 10.1. The van der Waals surface area contributed by atoms with Gasteiger partial charge < -0.3 is 10.6 Å². The molecule has 1 heterocycles. The zero-order valence-corrected chi connectivity index (χ0v) is 14.8. The van der Waals surface area contributed by atoms with Gasteiger partial charge in [0.15, 0.2) is 5.69 Å². The zero-order chi connectivity index (χ0) is 18.6. The second kappa shape index (κ2) is 7.83. The monoisotopic (exact) mass is 344 g/mol. The van der Waals surface area contributed by atoms with Crippen molar-refractivity contribution in [2.75, 3.05) is 17.7 Å². The summed E-state index contributed by atoms with van der Waals surface area (Å²) in [4.78, 5) is 40.2. The van der Waals surface area contributed by atoms with Gasteiger partial charge >= 0.3 is 5.69 Å². The number of nitrogens with two attached hydrogens (primary N) is 1. The summed E-state index contributed by atoms with van der Waals surface area (Å²) in [7, 11) is 1.50. The summed E-state index contributed by atoms with van der Waals surface area (Å²) in [6, 6.07) is 9.28. The number of nitrogens with one attached hydrogen (secondary N) is 1. The third-order valence-corrected chi connectivity index (χ3v) is 4.04. The molecule has 0 unspecified atom stereocenters. The first kappa shape index (κ1) is 18.5. The van der Waals surface area contributed by atoms with Crippen LogP contribution in [0.15, 0.2) is 39.9 Å². The average Bonchev–Trinajstić information content (AvgIpc) is 2.57. The summed E-state index contributed by atoms with van der Waals surface area (Å²) >= 11 is 0. The normalized spacial score (nSPS) is 10.9. The van der Waals surface area contributed by atoms with Gasteiger partial charge in [-0.2, -0.15) is 0 Å². The maximum absolute atomic E-state index is 12.3. The van der Waals surface area contributed by atoms with Gasteiger partial charge in [-0.05, 0) is 17.9 Å². The molecule has 0 saturated heterocycles. The van der Waals surface area contributed by atoms with Crippen LogP contribution >= 0.6 is 0 Å². The van der Waals surface area contributed by atoms with Gasteiger partial charge in [0.25, 0.3) is 5.56 Å². The van der Waals surface area contributed by atoms with E-state index in [0.717, 1.165) is 5.56 Å². The molecule has 1 amide bonds. The number of aromatic nitrogens is 2. The van der Waals surface area contributed by atoms with E-state index >= 15 is 0 Å². The lowest BCUT2D eigenvalue weighted by Gasteiger charge is -2.20. The number of carbonyl (C=O) groups is 1. The van der Waals surface area contributed by atoms with Gasteiger partial charge in [0, 0.05) is 13.5 Å². The van der Waals surface area contributed by atoms with E-state index in [2.05, 4.69) is 4.98 Å². The quantitative estimate of drug-likeness (QED) is 0.830. The lowest BCUT2D eigenvalue weighted by molar-refractivity contribution is -0.118. The highest BCUT2D eigenvalue weighted by Crippen LogP contribution is 2.18. The second-order valence-corrected chi connectivity index (χ2v) is 6.45. The molecule has 0 bridgehead atoms. The molecule has 0 aliphatic rings. The van der Waals surface area contributed by atoms with Crippen molar-refractivity contribution < 1.29 is 4.79 Å². The van der Waals surface area contributed by atoms with Gasteiger partial charge in [-0.3, -0.25) is 19.1 Å². The van der Waals surface area contributed by atoms with E-state index in [1.54, 1.807) is 0 Å². The molecule has 134 valence electrons. The Hall–Kier alpha value is -2.83. The Kier molecular flexibility index (Phi) is 5.80. The number of anilines is 2. The molecule has 0 spiro atoms. The summed E-state index contributed by atoms with van der Waals surface area (Å²) in [5.74, 6) is 0.147. The van der Waals surface area contributed by atoms with Crippen molar-refractivity contribution in [1.29, 1.82) is 0 Å². The Bertz CT molecular complexity index is 853. The topological polar surface area (TPSA) is 101 Å². The Morgan fingerprint density at radius 2 is 1.88 bits per heavy atom. The molecule has 7 nitrogen and oxygen atoms in total. The lowest BCUT2D eigenvalue weighted by Crippen LogP contribution is -2.39. The summed E-state index contributed by atoms with van der Waals surface area (Å²) in [6.07, 6.45) is 1.02. The van der Waals surface area contributed by atoms with E-state index in [4.69, 9.17) is 5.73 Å². The van der Waals surface area contributed by atoms with Crippen molar-refractivity contribution in [3.05, 3.63) is 56.7 Å². The molecule has 7 heteroatoms. The number of hydrogen-bond donors (Lipinski definition) is 2. The molecule has 25 heavy (non-hydrogen) atoms. The minimum absolute atomic E-state index is 0.00397. The first-order chi connectivity index (χ1) is 11.8. The molecule has 0 aliphatic carbocycles. The molecule has 0 aliphatic heterocycles. The minimum atomic E-state index is -0.660. The molecule has 3 N–H and O–H groups in total. The number of amides is 1. The smallest absolute Gasteiger partial charge is 0.330 e. The van der Waals surface area contributed by atoms with Gasteiger partial charge in [-0.15, -0.1) is 0 Å². The average molecular weight is 344 g/mol. The molecule has 2 rings (SSSR count). The third-order valence-electron chi connectivity index (χ3n) is 4.04. The first-order valence-corrected chi connectivity index (χ1v) is 8.24. The molecule has 1 aromatic heterocycles. The van der Waals surface area contributed by atoms with Gasteiger partial charge in [0.05, 0.1) is 6.54 Å². The molecular formula is C18H24N4O3. The van der Waals surface area contributed by atoms with E-state index in [-0.39, 0.29) is 24.0 Å². The first-order valence-electron chi connectivity index (χ1n) is 8.24. The molecule has 0 atom stereocenters. The van der Waals surface area contributed by atoms with Crippen molar-refractivity contribution in [2.45, 2.75) is 33.2 Å². The summed E-state index contributed by atoms with van der Waals surface area (Å²) < 4.78 is 1.26. The highest BCUT2D eigenvalue weighted by molar-refractivity contribution is 5.94. The fourth-order valence-electron chi connectivity index (χ4n) is 2.53. The van der Waals surface area contributed by atoms with Gasteiger partial charge in [0.2, 0.25) is 5.91 Å². The van der Waals surface area contributed by atoms with Crippen LogP contribution < -0.4 is 21.9 Å². The standard InChI is InChI=1S/C18H24N4O3/c1-12(2)9-10-14(23)21(3)15-16(19)22(18(25)20-17(15)24)11-13-7-5-4-6-8-13/h4-8,12H,9-11,19H2,1-3H3,(H,20,24,25). The van der Waals surface area contributed by atoms with Crippen LogP contribution in [0.25, 0.3) is 0 Å². The molecule has 0 radical (unpaired) electrons. The van der Waals surface area contributed by atoms with Crippen LogP contribution in [0.1, 0.15) is 32.3 Å². The Morgan fingerprint density at radius 1 is 1.24 bits per heavy atom. The Morgan fingerprint density at radius 3 is 2.48 bits per heavy atom. The van der Waals surface area contributed by atoms with Gasteiger partial charge in [-0.1, -0.05) is 44.2 Å². The number of carbonyl (C=O) groups excluding carboxylic acids is 1. The van der Waals surface area contributed by atoms with Crippen molar-refractivity contribution in [1.82, 2.24) is 9.55 Å². The number of hydrogen-bond acceptors (Lipinski definition) is 4. The summed E-state index contributed by atoms with van der Waals surface area (Å²) in [5, 5.41) is 0. The van der Waals surface area contributed by atoms with E-state index in [9.17, 15) is 14.4 Å². The van der Waals surface area contributed by atoms with Gasteiger partial charge in [0.1, 0.15) is 5.82 Å². The maximum Gasteiger partial charge on any atom is 0.330 e. The van der Waals surface area contributed by atoms with Crippen LogP contribution in [0.3, 0.4) is 0 Å². The van der Waals surface area contributed by atoms with E-state index in [1.165, 1.54) is 16.5 Å². The number of nitrogen functional groups attached to an aromatic ring is 1. The van der Waals surface area contributed by atoms with Crippen molar-refractivity contribution in [3.63, 3.8) is 0 Å². The third kappa shape index (κ3) is 4.37. The van der Waals surface area contributed by atoms with Crippen LogP contribution in [0.4, 0.5) is 11.5 Å². The van der Waals surface area contributed by atoms with Crippen LogP contribution in [-0.2, 0) is 11.3 Å². The van der Waals surface area contributed by atoms with Crippen molar-refractivity contribution >= 4 is 17.4 Å². The number of benzene rings is 1. The molecular weight excluding hydrogens is 320 g/mol. The van der Waals surface area contributed by atoms with Gasteiger partial charge in [-0.25, -0.2) is 4.79 Å². The Labute approximate surface area is 146 Å². The van der Waals surface area contributed by atoms with Crippen LogP contribution in [0, 0.1) is 5.92 Å². The molecule has 2 aromatic rings. The molecule has 1 aromatic carbocycles. The second-order valence-electron chi connectivity index (χ2n) is 6.45. The highest BCUT2D eigenvalue weighted by Gasteiger charge is 2.21. The van der Waals surface area contributed by atoms with Crippen LogP contribution in [-0.4, -0.2) is 22.5 Å². The Balaban J connectivity index is 2.39. The van der Waals surface area contributed by atoms with E-state index < -0.39 is 11.2 Å². The van der Waals surface area contributed by atoms with Crippen molar-refractivity contribution in [2.24, 2.45) is 5.92 Å². The SMILES string of the molecule is CC(C)CCC(=O)N(C)c1c(N)n(Cc2ccccc2)c(=O)[nH]c1=O. The molecule has 0 fully saturated rings. The number of aromatic amines is 1. The number of nitrogens with zero attached hydrogens (tertiary/aromatic N) is 2. The van der Waals surface area contributed by atoms with Crippen LogP contribution in [0.5, 0.6) is 0 Å². The number of rotatable bonds is 6. The van der Waals surface area contributed by atoms with Crippen LogP contribution in [0.2, 0.25) is 0 Å². The summed E-state index contributed by atoms with van der Waals surface area (Å²) in [6.45, 7) is 4.26. The largest absolute Gasteiger partial charge is 0.383 e. The van der Waals surface area contributed by atoms with E-state index in [1.807, 2.05) is 44.2 Å². The minimum Gasteiger partial charge on any atom is -0.383 e. The summed E-state index contributed by atoms with van der Waals surface area (Å²) in [5.41, 5.74) is 5.69. The maximum atomic E-state index is 12.3. The fraction of sp³-hybridized carbons (Fsp3) is 0.389. The highest BCUT2D eigenvalue weighted by atomic mass is 16.2. The van der Waals surface area contributed by atoms with E-state index in [0.29, 0.717) is 18.8 Å². The van der Waals surface area contributed by atoms with Crippen molar-refractivity contribution in [3.8, 4) is 0 Å². The predicted molar refractivity (Wildman–Crippen MR) is 98.8 cm³/mol. The molecule has 0 saturated carbocycles. The number of H-pyrrole nitrogens is 1. The fourth-order valence-corrected chi connectivity index (χ4v) is 2.53. The predicted octanol–water partition coefficient (Wildman–Crippen LogP) is 1.57. The zero-order valence-electron chi connectivity index (χ0n) is 14.8.